The molecule has 0 saturated carbocycles. The Morgan fingerprint density at radius 2 is 0.776 bits per heavy atom. The van der Waals surface area contributed by atoms with E-state index in [0.29, 0.717) is 0 Å². The third-order valence-electron chi connectivity index (χ3n) is 12.7. The number of hydrogen-bond donors (Lipinski definition) is 0. The fourth-order valence-corrected chi connectivity index (χ4v) is 10.3. The van der Waals surface area contributed by atoms with Crippen LogP contribution in [0.2, 0.25) is 0 Å². The van der Waals surface area contributed by atoms with Gasteiger partial charge in [0.25, 0.3) is 0 Å². The Morgan fingerprint density at radius 3 is 1.47 bits per heavy atom. The van der Waals surface area contributed by atoms with Crippen molar-refractivity contribution in [3.05, 3.63) is 247 Å². The van der Waals surface area contributed by atoms with Crippen molar-refractivity contribution in [2.24, 2.45) is 0 Å². The van der Waals surface area contributed by atoms with E-state index >= 15 is 0 Å². The van der Waals surface area contributed by atoms with E-state index in [-0.39, 0.29) is 0 Å². The van der Waals surface area contributed by atoms with Crippen molar-refractivity contribution in [1.82, 2.24) is 0 Å². The van der Waals surface area contributed by atoms with Gasteiger partial charge in [-0.2, -0.15) is 0 Å². The molecule has 270 valence electrons. The van der Waals surface area contributed by atoms with Crippen LogP contribution in [-0.4, -0.2) is 0 Å². The number of anilines is 3. The molecule has 2 aliphatic rings. The Bertz CT molecular complexity index is 3180. The van der Waals surface area contributed by atoms with Crippen molar-refractivity contribution in [3.8, 4) is 44.5 Å². The van der Waals surface area contributed by atoms with E-state index in [4.69, 9.17) is 0 Å². The molecule has 0 atom stereocenters. The SMILES string of the molecule is c1ccc(-c2ccc(N(c3ccc4c(c3)-c3ccccc3C43c4ccccc4-c4ccccc43)c3ccc4ccccc4c3-c3cccc4ccccc34)cc2)cc1. The first-order valence-corrected chi connectivity index (χ1v) is 20.2. The molecule has 0 N–H and O–H groups in total. The van der Waals surface area contributed by atoms with Crippen LogP contribution in [0.25, 0.3) is 66.1 Å². The van der Waals surface area contributed by atoms with Gasteiger partial charge in [-0.3, -0.25) is 0 Å². The summed E-state index contributed by atoms with van der Waals surface area (Å²) >= 11 is 0. The number of fused-ring (bicyclic) bond motifs is 12. The topological polar surface area (TPSA) is 3.24 Å². The van der Waals surface area contributed by atoms with Crippen LogP contribution in [0.15, 0.2) is 224 Å². The molecule has 0 radical (unpaired) electrons. The minimum absolute atomic E-state index is 0.392. The summed E-state index contributed by atoms with van der Waals surface area (Å²) in [6.45, 7) is 0. The van der Waals surface area contributed by atoms with Crippen molar-refractivity contribution >= 4 is 38.6 Å². The minimum atomic E-state index is -0.392. The molecule has 0 aromatic heterocycles. The molecule has 1 heteroatoms. The van der Waals surface area contributed by atoms with Gasteiger partial charge in [0.1, 0.15) is 0 Å². The normalized spacial score (nSPS) is 13.0. The van der Waals surface area contributed by atoms with Crippen LogP contribution < -0.4 is 4.90 Å². The van der Waals surface area contributed by atoms with Crippen LogP contribution in [0.4, 0.5) is 17.1 Å². The highest BCUT2D eigenvalue weighted by Gasteiger charge is 2.51. The maximum atomic E-state index is 2.49. The van der Waals surface area contributed by atoms with Crippen molar-refractivity contribution in [2.75, 3.05) is 4.90 Å². The lowest BCUT2D eigenvalue weighted by molar-refractivity contribution is 0.794. The lowest BCUT2D eigenvalue weighted by atomic mass is 9.70. The van der Waals surface area contributed by atoms with Crippen molar-refractivity contribution < 1.29 is 0 Å². The first-order chi connectivity index (χ1) is 28.8. The van der Waals surface area contributed by atoms with Gasteiger partial charge in [-0.15, -0.1) is 0 Å². The molecule has 0 aliphatic heterocycles. The number of rotatable bonds is 5. The van der Waals surface area contributed by atoms with Crippen molar-refractivity contribution in [3.63, 3.8) is 0 Å². The van der Waals surface area contributed by atoms with Crippen LogP contribution in [0.3, 0.4) is 0 Å². The fraction of sp³-hybridized carbons (Fsp3) is 0.0175. The Labute approximate surface area is 338 Å². The Morgan fingerprint density at radius 1 is 0.293 bits per heavy atom. The quantitative estimate of drug-likeness (QED) is 0.170. The Balaban J connectivity index is 1.14. The number of hydrogen-bond acceptors (Lipinski definition) is 1. The highest BCUT2D eigenvalue weighted by Crippen LogP contribution is 2.63. The first kappa shape index (κ1) is 32.7. The largest absolute Gasteiger partial charge is 0.310 e. The molecule has 0 saturated heterocycles. The number of benzene rings is 10. The summed E-state index contributed by atoms with van der Waals surface area (Å²) in [4.78, 5) is 2.49. The molecule has 2 aliphatic carbocycles. The molecule has 0 amide bonds. The molecule has 0 unspecified atom stereocenters. The van der Waals surface area contributed by atoms with E-state index < -0.39 is 5.41 Å². The average molecular weight is 736 g/mol. The molecule has 0 heterocycles. The van der Waals surface area contributed by atoms with Crippen LogP contribution >= 0.6 is 0 Å². The highest BCUT2D eigenvalue weighted by atomic mass is 15.1. The zero-order chi connectivity index (χ0) is 38.2. The summed E-state index contributed by atoms with van der Waals surface area (Å²) in [5.41, 5.74) is 18.4. The second kappa shape index (κ2) is 12.8. The molecular weight excluding hydrogens is 699 g/mol. The van der Waals surface area contributed by atoms with Gasteiger partial charge >= 0.3 is 0 Å². The van der Waals surface area contributed by atoms with E-state index in [1.54, 1.807) is 0 Å². The summed E-state index contributed by atoms with van der Waals surface area (Å²) in [6, 6.07) is 83.1. The zero-order valence-electron chi connectivity index (χ0n) is 31.8. The van der Waals surface area contributed by atoms with Crippen LogP contribution in [0, 0.1) is 0 Å². The van der Waals surface area contributed by atoms with Gasteiger partial charge in [0.2, 0.25) is 0 Å². The minimum Gasteiger partial charge on any atom is -0.310 e. The predicted octanol–water partition coefficient (Wildman–Crippen LogP) is 15.1. The molecule has 12 rings (SSSR count). The fourth-order valence-electron chi connectivity index (χ4n) is 10.3. The summed E-state index contributed by atoms with van der Waals surface area (Å²) < 4.78 is 0. The average Bonchev–Trinajstić information content (AvgIpc) is 3.76. The standard InChI is InChI=1S/C57H37N/c1-2-15-38(16-3-1)39-29-32-42(33-30-39)58(55-36-31-41-18-5-7-21-45(41)56(55)49-25-14-19-40-17-4-6-20-44(40)49)43-34-35-54-50(37-43)48-24-10-13-28-53(48)57(54)51-26-11-8-22-46(51)47-23-9-12-27-52(47)57/h1-37H. The summed E-state index contributed by atoms with van der Waals surface area (Å²) in [5, 5.41) is 4.92. The van der Waals surface area contributed by atoms with Crippen LogP contribution in [0.5, 0.6) is 0 Å². The monoisotopic (exact) mass is 735 g/mol. The van der Waals surface area contributed by atoms with Gasteiger partial charge in [-0.05, 0) is 113 Å². The molecular formula is C57H37N. The van der Waals surface area contributed by atoms with E-state index in [2.05, 4.69) is 229 Å². The zero-order valence-corrected chi connectivity index (χ0v) is 31.8. The molecule has 0 fully saturated rings. The Kier molecular flexibility index (Phi) is 7.21. The maximum Gasteiger partial charge on any atom is 0.0725 e. The lowest BCUT2D eigenvalue weighted by Crippen LogP contribution is -2.25. The Hall–Kier alpha value is -7.48. The van der Waals surface area contributed by atoms with Crippen LogP contribution in [-0.2, 0) is 5.41 Å². The lowest BCUT2D eigenvalue weighted by Gasteiger charge is -2.32. The molecule has 10 aromatic rings. The van der Waals surface area contributed by atoms with Gasteiger partial charge in [0.15, 0.2) is 0 Å². The van der Waals surface area contributed by atoms with Crippen LogP contribution in [0.1, 0.15) is 22.3 Å². The van der Waals surface area contributed by atoms with E-state index in [1.807, 2.05) is 0 Å². The van der Waals surface area contributed by atoms with E-state index in [1.165, 1.54) is 88.3 Å². The molecule has 1 spiro atoms. The van der Waals surface area contributed by atoms with E-state index in [9.17, 15) is 0 Å². The highest BCUT2D eigenvalue weighted by molar-refractivity contribution is 6.11. The summed E-state index contributed by atoms with van der Waals surface area (Å²) in [6.07, 6.45) is 0. The maximum absolute atomic E-state index is 2.49. The smallest absolute Gasteiger partial charge is 0.0725 e. The third kappa shape index (κ3) is 4.65. The van der Waals surface area contributed by atoms with Gasteiger partial charge in [0, 0.05) is 16.9 Å². The number of nitrogens with zero attached hydrogens (tertiary/aromatic N) is 1. The van der Waals surface area contributed by atoms with Crippen molar-refractivity contribution in [2.45, 2.75) is 5.41 Å². The molecule has 58 heavy (non-hydrogen) atoms. The van der Waals surface area contributed by atoms with Gasteiger partial charge in [-0.1, -0.05) is 194 Å². The predicted molar refractivity (Wildman–Crippen MR) is 243 cm³/mol. The summed E-state index contributed by atoms with van der Waals surface area (Å²) in [7, 11) is 0. The van der Waals surface area contributed by atoms with Gasteiger partial charge in [0.05, 0.1) is 11.1 Å². The molecule has 10 aromatic carbocycles. The second-order valence-electron chi connectivity index (χ2n) is 15.6. The van der Waals surface area contributed by atoms with Crippen molar-refractivity contribution in [1.29, 1.82) is 0 Å². The first-order valence-electron chi connectivity index (χ1n) is 20.2. The summed E-state index contributed by atoms with van der Waals surface area (Å²) in [5.74, 6) is 0. The van der Waals surface area contributed by atoms with E-state index in [0.717, 1.165) is 17.1 Å². The molecule has 1 nitrogen and oxygen atoms in total. The second-order valence-corrected chi connectivity index (χ2v) is 15.6. The molecule has 0 bridgehead atoms. The third-order valence-corrected chi connectivity index (χ3v) is 12.7. The van der Waals surface area contributed by atoms with Gasteiger partial charge < -0.3 is 4.90 Å². The van der Waals surface area contributed by atoms with Gasteiger partial charge in [-0.25, -0.2) is 0 Å².